The lowest BCUT2D eigenvalue weighted by atomic mass is 10.1. The highest BCUT2D eigenvalue weighted by Gasteiger charge is 2.23. The van der Waals surface area contributed by atoms with Crippen LogP contribution in [0, 0.1) is 29.1 Å². The van der Waals surface area contributed by atoms with Gasteiger partial charge in [-0.25, -0.2) is 9.50 Å². The second kappa shape index (κ2) is 8.84. The molecule has 0 N–H and O–H groups in total. The van der Waals surface area contributed by atoms with Gasteiger partial charge in [0.05, 0.1) is 30.1 Å². The third-order valence-corrected chi connectivity index (χ3v) is 5.93. The van der Waals surface area contributed by atoms with Gasteiger partial charge in [0.1, 0.15) is 17.6 Å². The smallest absolute Gasteiger partial charge is 0.298 e. The average Bonchev–Trinajstić information content (AvgIpc) is 3.60. The first-order valence-electron chi connectivity index (χ1n) is 11.2. The summed E-state index contributed by atoms with van der Waals surface area (Å²) in [5.74, 6) is 7.74. The number of ether oxygens (including phenoxy) is 1. The molecule has 0 bridgehead atoms. The van der Waals surface area contributed by atoms with Crippen molar-refractivity contribution in [3.05, 3.63) is 42.4 Å². The van der Waals surface area contributed by atoms with Crippen LogP contribution in [-0.2, 0) is 4.79 Å². The van der Waals surface area contributed by atoms with Crippen LogP contribution in [0.1, 0.15) is 25.3 Å². The molecule has 1 aliphatic carbocycles. The number of nitrogens with zero attached hydrogens (tertiary/aromatic N) is 6. The average molecular weight is 441 g/mol. The van der Waals surface area contributed by atoms with E-state index >= 15 is 0 Å². The zero-order valence-electron chi connectivity index (χ0n) is 18.5. The number of piperazine rings is 1. The maximum absolute atomic E-state index is 12.3. The second-order valence-electron chi connectivity index (χ2n) is 8.21. The quantitative estimate of drug-likeness (QED) is 0.580. The molecule has 5 rings (SSSR count). The Morgan fingerprint density at radius 2 is 2.03 bits per heavy atom. The molecule has 166 valence electrons. The Bertz CT molecular complexity index is 1280. The predicted molar refractivity (Wildman–Crippen MR) is 124 cm³/mol. The third-order valence-electron chi connectivity index (χ3n) is 5.93. The van der Waals surface area contributed by atoms with E-state index in [0.29, 0.717) is 50.0 Å². The van der Waals surface area contributed by atoms with Crippen LogP contribution < -0.4 is 9.64 Å². The highest BCUT2D eigenvalue weighted by atomic mass is 16.5. The van der Waals surface area contributed by atoms with Gasteiger partial charge in [-0.05, 0) is 43.9 Å². The van der Waals surface area contributed by atoms with E-state index in [0.717, 1.165) is 35.3 Å². The number of anilines is 1. The molecule has 8 nitrogen and oxygen atoms in total. The lowest BCUT2D eigenvalue weighted by Gasteiger charge is -2.34. The van der Waals surface area contributed by atoms with Gasteiger partial charge in [-0.2, -0.15) is 10.4 Å². The Hall–Kier alpha value is -4.04. The summed E-state index contributed by atoms with van der Waals surface area (Å²) in [5, 5.41) is 13.8. The standard InChI is InChI=1S/C25H24N6O2/c1-2-33-21-13-22(25-20(14-26)16-28-31(25)17-21)19-6-7-23(27-15-19)29-9-11-30(12-10-29)24(32)8-5-18-3-4-18/h6-7,13,15-18H,2-4,9-12H2,1H3. The van der Waals surface area contributed by atoms with Gasteiger partial charge in [-0.15, -0.1) is 0 Å². The molecule has 33 heavy (non-hydrogen) atoms. The number of carbonyl (C=O) groups is 1. The van der Waals surface area contributed by atoms with E-state index in [2.05, 4.69) is 32.9 Å². The van der Waals surface area contributed by atoms with Crippen molar-refractivity contribution in [2.24, 2.45) is 5.92 Å². The lowest BCUT2D eigenvalue weighted by Crippen LogP contribution is -2.48. The molecule has 2 fully saturated rings. The number of aromatic nitrogens is 3. The summed E-state index contributed by atoms with van der Waals surface area (Å²) in [6.07, 6.45) is 7.40. The maximum Gasteiger partial charge on any atom is 0.298 e. The Balaban J connectivity index is 1.34. The first kappa shape index (κ1) is 20.8. The molecular formula is C25H24N6O2. The molecule has 3 aromatic rings. The molecule has 8 heteroatoms. The molecular weight excluding hydrogens is 416 g/mol. The zero-order chi connectivity index (χ0) is 22.8. The van der Waals surface area contributed by atoms with Gasteiger partial charge in [-0.3, -0.25) is 4.79 Å². The number of fused-ring (bicyclic) bond motifs is 1. The van der Waals surface area contributed by atoms with Crippen molar-refractivity contribution in [1.82, 2.24) is 19.5 Å². The fourth-order valence-electron chi connectivity index (χ4n) is 3.99. The van der Waals surface area contributed by atoms with E-state index in [1.165, 1.54) is 0 Å². The molecule has 0 aromatic carbocycles. The van der Waals surface area contributed by atoms with E-state index in [-0.39, 0.29) is 5.91 Å². The predicted octanol–water partition coefficient (Wildman–Crippen LogP) is 2.73. The molecule has 1 amide bonds. The topological polar surface area (TPSA) is 86.8 Å². The summed E-state index contributed by atoms with van der Waals surface area (Å²) in [4.78, 5) is 20.9. The minimum Gasteiger partial charge on any atom is -0.492 e. The number of nitriles is 1. The fourth-order valence-corrected chi connectivity index (χ4v) is 3.99. The highest BCUT2D eigenvalue weighted by molar-refractivity contribution is 5.93. The molecule has 2 aliphatic rings. The number of hydrogen-bond acceptors (Lipinski definition) is 6. The van der Waals surface area contributed by atoms with Crippen LogP contribution in [0.15, 0.2) is 36.8 Å². The van der Waals surface area contributed by atoms with Crippen molar-refractivity contribution in [3.63, 3.8) is 0 Å². The minimum atomic E-state index is -0.0721. The van der Waals surface area contributed by atoms with Gasteiger partial charge < -0.3 is 14.5 Å². The first-order chi connectivity index (χ1) is 16.2. The van der Waals surface area contributed by atoms with Crippen molar-refractivity contribution in [2.75, 3.05) is 37.7 Å². The summed E-state index contributed by atoms with van der Waals surface area (Å²) in [5.41, 5.74) is 2.96. The van der Waals surface area contributed by atoms with E-state index in [9.17, 15) is 10.1 Å². The van der Waals surface area contributed by atoms with Crippen LogP contribution >= 0.6 is 0 Å². The van der Waals surface area contributed by atoms with Crippen molar-refractivity contribution < 1.29 is 9.53 Å². The van der Waals surface area contributed by atoms with Crippen LogP contribution in [0.3, 0.4) is 0 Å². The summed E-state index contributed by atoms with van der Waals surface area (Å²) in [7, 11) is 0. The molecule has 0 radical (unpaired) electrons. The van der Waals surface area contributed by atoms with Crippen molar-refractivity contribution in [1.29, 1.82) is 5.26 Å². The van der Waals surface area contributed by atoms with Crippen LogP contribution in [0.25, 0.3) is 16.6 Å². The van der Waals surface area contributed by atoms with Gasteiger partial charge in [0, 0.05) is 49.4 Å². The lowest BCUT2D eigenvalue weighted by molar-refractivity contribution is -0.125. The summed E-state index contributed by atoms with van der Waals surface area (Å²) in [6, 6.07) is 8.11. The molecule has 0 atom stereocenters. The molecule has 3 aromatic heterocycles. The van der Waals surface area contributed by atoms with Gasteiger partial charge in [0.25, 0.3) is 5.91 Å². The van der Waals surface area contributed by atoms with Crippen LogP contribution in [0.5, 0.6) is 5.75 Å². The number of carbonyl (C=O) groups excluding carboxylic acids is 1. The van der Waals surface area contributed by atoms with Gasteiger partial charge in [0.15, 0.2) is 0 Å². The molecule has 1 aliphatic heterocycles. The number of hydrogen-bond donors (Lipinski definition) is 0. The maximum atomic E-state index is 12.3. The number of amides is 1. The molecule has 4 heterocycles. The number of pyridine rings is 2. The third kappa shape index (κ3) is 4.33. The molecule has 0 unspecified atom stereocenters. The first-order valence-corrected chi connectivity index (χ1v) is 11.2. The summed E-state index contributed by atoms with van der Waals surface area (Å²) in [6.45, 7) is 5.18. The normalized spacial score (nSPS) is 15.6. The van der Waals surface area contributed by atoms with Crippen LogP contribution in [0.4, 0.5) is 5.82 Å². The minimum absolute atomic E-state index is 0.0721. The Kier molecular flexibility index (Phi) is 5.58. The summed E-state index contributed by atoms with van der Waals surface area (Å²) >= 11 is 0. The summed E-state index contributed by atoms with van der Waals surface area (Å²) < 4.78 is 7.36. The monoisotopic (exact) mass is 440 g/mol. The van der Waals surface area contributed by atoms with Crippen LogP contribution in [0.2, 0.25) is 0 Å². The molecule has 0 spiro atoms. The SMILES string of the molecule is CCOc1cc(-c2ccc(N3CCN(C(=O)C#CC4CC4)CC3)nc2)c2c(C#N)cnn2c1. The molecule has 1 saturated carbocycles. The highest BCUT2D eigenvalue weighted by Crippen LogP contribution is 2.31. The van der Waals surface area contributed by atoms with Crippen molar-refractivity contribution in [2.45, 2.75) is 19.8 Å². The van der Waals surface area contributed by atoms with Gasteiger partial charge >= 0.3 is 0 Å². The zero-order valence-corrected chi connectivity index (χ0v) is 18.5. The Morgan fingerprint density at radius 3 is 2.70 bits per heavy atom. The van der Waals surface area contributed by atoms with E-state index < -0.39 is 0 Å². The fraction of sp³-hybridized carbons (Fsp3) is 0.360. The largest absolute Gasteiger partial charge is 0.492 e. The Labute approximate surface area is 192 Å². The van der Waals surface area contributed by atoms with E-state index in [4.69, 9.17) is 4.74 Å². The van der Waals surface area contributed by atoms with E-state index in [1.807, 2.05) is 36.2 Å². The van der Waals surface area contributed by atoms with Crippen LogP contribution in [-0.4, -0.2) is 58.2 Å². The molecule has 1 saturated heterocycles. The van der Waals surface area contributed by atoms with Gasteiger partial charge in [-0.1, -0.05) is 5.92 Å². The Morgan fingerprint density at radius 1 is 1.21 bits per heavy atom. The second-order valence-corrected chi connectivity index (χ2v) is 8.21. The van der Waals surface area contributed by atoms with E-state index in [1.54, 1.807) is 16.9 Å². The van der Waals surface area contributed by atoms with Crippen molar-refractivity contribution in [3.8, 4) is 34.8 Å². The number of rotatable bonds is 4. The van der Waals surface area contributed by atoms with Gasteiger partial charge in [0.2, 0.25) is 0 Å². The van der Waals surface area contributed by atoms with Crippen molar-refractivity contribution >= 4 is 17.2 Å².